The zero-order valence-corrected chi connectivity index (χ0v) is 16.2. The van der Waals surface area contributed by atoms with Crippen LogP contribution in [0.15, 0.2) is 33.7 Å². The fraction of sp³-hybridized carbons (Fsp3) is 0.500. The number of sulfonamides is 1. The van der Waals surface area contributed by atoms with E-state index in [1.807, 2.05) is 31.2 Å². The molecule has 0 saturated carbocycles. The Morgan fingerprint density at radius 1 is 1.15 bits per heavy atom. The van der Waals surface area contributed by atoms with Crippen molar-refractivity contribution in [2.75, 3.05) is 32.8 Å². The van der Waals surface area contributed by atoms with Crippen LogP contribution in [0, 0.1) is 20.8 Å². The predicted octanol–water partition coefficient (Wildman–Crippen LogP) is 0.535. The third kappa shape index (κ3) is 4.32. The van der Waals surface area contributed by atoms with Crippen LogP contribution in [-0.2, 0) is 14.8 Å². The quantitative estimate of drug-likeness (QED) is 0.764. The lowest BCUT2D eigenvalue weighted by Gasteiger charge is -2.28. The molecule has 1 aromatic carbocycles. The monoisotopic (exact) mass is 380 g/mol. The van der Waals surface area contributed by atoms with E-state index >= 15 is 0 Å². The van der Waals surface area contributed by atoms with Gasteiger partial charge in [-0.1, -0.05) is 35.0 Å². The molecule has 142 valence electrons. The van der Waals surface area contributed by atoms with Crippen molar-refractivity contribution in [3.05, 3.63) is 46.8 Å². The maximum absolute atomic E-state index is 13.0. The van der Waals surface area contributed by atoms with Crippen molar-refractivity contribution in [2.45, 2.75) is 31.7 Å². The first-order valence-corrected chi connectivity index (χ1v) is 10.3. The number of nitrogens with one attached hydrogen (secondary N) is 2. The van der Waals surface area contributed by atoms with Gasteiger partial charge in [0.1, 0.15) is 23.7 Å². The molecule has 1 aromatic heterocycles. The predicted molar refractivity (Wildman–Crippen MR) is 96.6 cm³/mol. The summed E-state index contributed by atoms with van der Waals surface area (Å²) in [6.45, 7) is 9.07. The van der Waals surface area contributed by atoms with Crippen LogP contribution in [0.4, 0.5) is 0 Å². The molecule has 2 N–H and O–H groups in total. The minimum atomic E-state index is -3.74. The summed E-state index contributed by atoms with van der Waals surface area (Å²) in [6.07, 6.45) is 0. The van der Waals surface area contributed by atoms with Crippen molar-refractivity contribution in [3.8, 4) is 0 Å². The van der Waals surface area contributed by atoms with Gasteiger partial charge in [-0.3, -0.25) is 0 Å². The fourth-order valence-electron chi connectivity index (χ4n) is 3.28. The molecule has 1 fully saturated rings. The van der Waals surface area contributed by atoms with Gasteiger partial charge in [0, 0.05) is 0 Å². The van der Waals surface area contributed by atoms with E-state index < -0.39 is 10.0 Å². The van der Waals surface area contributed by atoms with Gasteiger partial charge in [0.25, 0.3) is 0 Å². The van der Waals surface area contributed by atoms with Gasteiger partial charge in [-0.15, -0.1) is 0 Å². The highest BCUT2D eigenvalue weighted by atomic mass is 32.2. The van der Waals surface area contributed by atoms with Gasteiger partial charge in [-0.25, -0.2) is 8.42 Å². The fourth-order valence-corrected chi connectivity index (χ4v) is 4.84. The summed E-state index contributed by atoms with van der Waals surface area (Å²) in [4.78, 5) is 1.45. The Bertz CT molecular complexity index is 820. The molecule has 26 heavy (non-hydrogen) atoms. The molecule has 0 radical (unpaired) electrons. The van der Waals surface area contributed by atoms with E-state index in [0.29, 0.717) is 31.2 Å². The summed E-state index contributed by atoms with van der Waals surface area (Å²) in [6, 6.07) is 7.64. The zero-order valence-electron chi connectivity index (χ0n) is 15.4. The molecule has 3 rings (SSSR count). The first-order chi connectivity index (χ1) is 12.4. The Morgan fingerprint density at radius 3 is 2.38 bits per heavy atom. The van der Waals surface area contributed by atoms with Gasteiger partial charge in [0.15, 0.2) is 5.76 Å². The SMILES string of the molecule is Cc1ccc([C@@H](C[NH+]2CCOCC2)NS(=O)(=O)c2c(C)noc2C)cc1. The second-order valence-electron chi connectivity index (χ2n) is 6.80. The van der Waals surface area contributed by atoms with E-state index in [9.17, 15) is 8.42 Å². The minimum absolute atomic E-state index is 0.131. The average molecular weight is 380 g/mol. The van der Waals surface area contributed by atoms with Gasteiger partial charge < -0.3 is 14.2 Å². The van der Waals surface area contributed by atoms with Crippen LogP contribution in [0.2, 0.25) is 0 Å². The molecular weight excluding hydrogens is 354 g/mol. The van der Waals surface area contributed by atoms with E-state index in [2.05, 4.69) is 9.88 Å². The van der Waals surface area contributed by atoms with Crippen LogP contribution in [0.25, 0.3) is 0 Å². The number of morpholine rings is 1. The molecule has 0 spiro atoms. The summed E-state index contributed by atoms with van der Waals surface area (Å²) in [5.74, 6) is 0.302. The number of quaternary nitrogens is 1. The molecule has 0 amide bonds. The van der Waals surface area contributed by atoms with Gasteiger partial charge in [-0.05, 0) is 26.3 Å². The van der Waals surface area contributed by atoms with Gasteiger partial charge in [-0.2, -0.15) is 4.72 Å². The lowest BCUT2D eigenvalue weighted by Crippen LogP contribution is -3.14. The number of benzene rings is 1. The van der Waals surface area contributed by atoms with Crippen LogP contribution in [0.3, 0.4) is 0 Å². The Morgan fingerprint density at radius 2 is 1.81 bits per heavy atom. The molecule has 1 aliphatic rings. The standard InChI is InChI=1S/C18H25N3O4S/c1-13-4-6-16(7-5-13)17(12-21-8-10-24-11-9-21)20-26(22,23)18-14(2)19-25-15(18)3/h4-7,17,20H,8-12H2,1-3H3/p+1/t17-/m1/s1. The van der Waals surface area contributed by atoms with Crippen molar-refractivity contribution >= 4 is 10.0 Å². The van der Waals surface area contributed by atoms with E-state index in [4.69, 9.17) is 9.26 Å². The average Bonchev–Trinajstić information content (AvgIpc) is 2.95. The third-order valence-corrected chi connectivity index (χ3v) is 6.42. The highest BCUT2D eigenvalue weighted by Gasteiger charge is 2.30. The van der Waals surface area contributed by atoms with Gasteiger partial charge in [0.2, 0.25) is 10.0 Å². The lowest BCUT2D eigenvalue weighted by atomic mass is 10.1. The lowest BCUT2D eigenvalue weighted by molar-refractivity contribution is -0.909. The van der Waals surface area contributed by atoms with Gasteiger partial charge >= 0.3 is 0 Å². The summed E-state index contributed by atoms with van der Waals surface area (Å²) in [5, 5.41) is 3.77. The van der Waals surface area contributed by atoms with Crippen LogP contribution in [0.5, 0.6) is 0 Å². The summed E-state index contributed by atoms with van der Waals surface area (Å²) >= 11 is 0. The molecule has 2 aromatic rings. The summed E-state index contributed by atoms with van der Waals surface area (Å²) in [5.41, 5.74) is 2.46. The molecule has 0 aliphatic carbocycles. The molecule has 8 heteroatoms. The molecule has 0 bridgehead atoms. The summed E-state index contributed by atoms with van der Waals surface area (Å²) in [7, 11) is -3.74. The van der Waals surface area contributed by atoms with E-state index in [-0.39, 0.29) is 10.9 Å². The number of aryl methyl sites for hydroxylation is 3. The number of hydrogen-bond donors (Lipinski definition) is 2. The molecule has 0 unspecified atom stereocenters. The van der Waals surface area contributed by atoms with Crippen molar-refractivity contribution in [3.63, 3.8) is 0 Å². The maximum Gasteiger partial charge on any atom is 0.246 e. The number of nitrogens with zero attached hydrogens (tertiary/aromatic N) is 1. The normalized spacial score (nSPS) is 17.3. The highest BCUT2D eigenvalue weighted by Crippen LogP contribution is 2.22. The van der Waals surface area contributed by atoms with E-state index in [1.165, 1.54) is 4.90 Å². The largest absolute Gasteiger partial charge is 0.370 e. The molecule has 1 aliphatic heterocycles. The number of ether oxygens (including phenoxy) is 1. The van der Waals surface area contributed by atoms with Crippen molar-refractivity contribution in [1.82, 2.24) is 9.88 Å². The first kappa shape index (κ1) is 19.0. The Hall–Kier alpha value is -1.74. The van der Waals surface area contributed by atoms with Crippen molar-refractivity contribution < 1.29 is 22.6 Å². The number of rotatable bonds is 6. The molecule has 2 heterocycles. The van der Waals surface area contributed by atoms with E-state index in [0.717, 1.165) is 24.2 Å². The van der Waals surface area contributed by atoms with Gasteiger partial charge in [0.05, 0.1) is 25.8 Å². The minimum Gasteiger partial charge on any atom is -0.370 e. The van der Waals surface area contributed by atoms with Crippen LogP contribution >= 0.6 is 0 Å². The molecule has 1 atom stereocenters. The smallest absolute Gasteiger partial charge is 0.246 e. The van der Waals surface area contributed by atoms with E-state index in [1.54, 1.807) is 13.8 Å². The van der Waals surface area contributed by atoms with Crippen molar-refractivity contribution in [1.29, 1.82) is 0 Å². The van der Waals surface area contributed by atoms with Crippen LogP contribution in [-0.4, -0.2) is 46.4 Å². The second kappa shape index (κ2) is 7.87. The molecular formula is C18H26N3O4S+. The first-order valence-electron chi connectivity index (χ1n) is 8.80. The van der Waals surface area contributed by atoms with Crippen LogP contribution < -0.4 is 9.62 Å². The third-order valence-electron chi connectivity index (χ3n) is 4.71. The topological polar surface area (TPSA) is 85.9 Å². The second-order valence-corrected chi connectivity index (χ2v) is 8.46. The van der Waals surface area contributed by atoms with Crippen molar-refractivity contribution in [2.24, 2.45) is 0 Å². The number of hydrogen-bond acceptors (Lipinski definition) is 5. The Balaban J connectivity index is 1.88. The molecule has 7 nitrogen and oxygen atoms in total. The summed E-state index contributed by atoms with van der Waals surface area (Å²) < 4.78 is 39.3. The Kier molecular flexibility index (Phi) is 5.76. The zero-order chi connectivity index (χ0) is 18.7. The number of aromatic nitrogens is 1. The van der Waals surface area contributed by atoms with Crippen LogP contribution in [0.1, 0.15) is 28.6 Å². The molecule has 1 saturated heterocycles. The highest BCUT2D eigenvalue weighted by molar-refractivity contribution is 7.89. The maximum atomic E-state index is 13.0. The Labute approximate surface area is 154 Å².